The molecule has 0 atom stereocenters. The highest BCUT2D eigenvalue weighted by Gasteiger charge is 2.24. The van der Waals surface area contributed by atoms with E-state index in [0.29, 0.717) is 37.7 Å². The van der Waals surface area contributed by atoms with Gasteiger partial charge in [0.25, 0.3) is 5.91 Å². The van der Waals surface area contributed by atoms with Crippen LogP contribution in [0.1, 0.15) is 70.8 Å². The summed E-state index contributed by atoms with van der Waals surface area (Å²) in [5, 5.41) is 12.2. The molecule has 0 aliphatic carbocycles. The Morgan fingerprint density at radius 2 is 1.72 bits per heavy atom. The molecular weight excluding hydrogens is 521 g/mol. The summed E-state index contributed by atoms with van der Waals surface area (Å²) in [6, 6.07) is 7.45. The number of hydrogen-bond acceptors (Lipinski definition) is 4. The lowest BCUT2D eigenvalue weighted by Gasteiger charge is -2.29. The number of nitrogens with zero attached hydrogens (tertiary/aromatic N) is 1. The van der Waals surface area contributed by atoms with Crippen molar-refractivity contribution in [2.24, 2.45) is 4.99 Å². The highest BCUT2D eigenvalue weighted by atomic mass is 127. The number of rotatable bonds is 9. The van der Waals surface area contributed by atoms with Gasteiger partial charge in [-0.15, -0.1) is 24.0 Å². The van der Waals surface area contributed by atoms with E-state index in [1.807, 2.05) is 66.7 Å². The smallest absolute Gasteiger partial charge is 0.408 e. The van der Waals surface area contributed by atoms with Gasteiger partial charge in [0.05, 0.1) is 12.1 Å². The van der Waals surface area contributed by atoms with Crippen LogP contribution in [0.15, 0.2) is 29.3 Å². The Kier molecular flexibility index (Phi) is 13.3. The highest BCUT2D eigenvalue weighted by molar-refractivity contribution is 14.0. The molecule has 1 rings (SSSR count). The molecule has 0 aliphatic heterocycles. The minimum atomic E-state index is -0.550. The third kappa shape index (κ3) is 12.7. The van der Waals surface area contributed by atoms with Crippen molar-refractivity contribution in [1.82, 2.24) is 21.3 Å². The second-order valence-corrected chi connectivity index (χ2v) is 9.02. The number of hydrogen-bond donors (Lipinski definition) is 4. The first-order valence-corrected chi connectivity index (χ1v) is 10.9. The Bertz CT molecular complexity index is 760. The van der Waals surface area contributed by atoms with E-state index in [4.69, 9.17) is 4.74 Å². The quantitative estimate of drug-likeness (QED) is 0.209. The molecule has 0 saturated carbocycles. The van der Waals surface area contributed by atoms with Gasteiger partial charge in [-0.1, -0.05) is 19.1 Å². The second kappa shape index (κ2) is 14.2. The van der Waals surface area contributed by atoms with Crippen LogP contribution in [0.25, 0.3) is 0 Å². The molecular formula is C23H40IN5O3. The maximum Gasteiger partial charge on any atom is 0.408 e. The van der Waals surface area contributed by atoms with Crippen molar-refractivity contribution in [3.8, 4) is 0 Å². The Balaban J connectivity index is 0.00000961. The monoisotopic (exact) mass is 561 g/mol. The standard InChI is InChI=1S/C23H39N5O3.HI/c1-8-13-25-19(29)18-12-10-11-17(14-18)15-26-20(24-9-2)27-16-23(6,7)28-21(30)31-22(3,4)5;/h10-12,14H,8-9,13,15-16H2,1-7H3,(H,25,29)(H,28,30)(H2,24,26,27);1H. The third-order valence-electron chi connectivity index (χ3n) is 4.03. The number of amides is 2. The maximum absolute atomic E-state index is 12.2. The first-order valence-electron chi connectivity index (χ1n) is 10.9. The molecule has 0 spiro atoms. The first kappa shape index (κ1) is 30.0. The van der Waals surface area contributed by atoms with E-state index in [-0.39, 0.29) is 29.9 Å². The van der Waals surface area contributed by atoms with Gasteiger partial charge in [0.1, 0.15) is 5.60 Å². The van der Waals surface area contributed by atoms with Crippen molar-refractivity contribution in [3.05, 3.63) is 35.4 Å². The summed E-state index contributed by atoms with van der Waals surface area (Å²) in [5.74, 6) is 0.551. The number of benzene rings is 1. The van der Waals surface area contributed by atoms with Gasteiger partial charge in [0, 0.05) is 25.2 Å². The average molecular weight is 562 g/mol. The zero-order valence-electron chi connectivity index (χ0n) is 20.4. The zero-order chi connectivity index (χ0) is 23.5. The molecule has 0 aliphatic rings. The average Bonchev–Trinajstić information content (AvgIpc) is 2.66. The van der Waals surface area contributed by atoms with Crippen LogP contribution < -0.4 is 21.3 Å². The van der Waals surface area contributed by atoms with Crippen LogP contribution in [0.2, 0.25) is 0 Å². The number of guanidine groups is 1. The molecule has 1 aromatic carbocycles. The molecule has 0 bridgehead atoms. The van der Waals surface area contributed by atoms with Gasteiger partial charge in [-0.05, 0) is 65.7 Å². The molecule has 0 unspecified atom stereocenters. The molecule has 4 N–H and O–H groups in total. The van der Waals surface area contributed by atoms with Crippen molar-refractivity contribution < 1.29 is 14.3 Å². The number of nitrogens with one attached hydrogen (secondary N) is 4. The van der Waals surface area contributed by atoms with Gasteiger partial charge in [0.2, 0.25) is 0 Å². The van der Waals surface area contributed by atoms with Crippen molar-refractivity contribution in [2.75, 3.05) is 19.6 Å². The van der Waals surface area contributed by atoms with Crippen LogP contribution in [0.4, 0.5) is 4.79 Å². The van der Waals surface area contributed by atoms with Crippen LogP contribution in [0.5, 0.6) is 0 Å². The summed E-state index contributed by atoms with van der Waals surface area (Å²) in [6.45, 7) is 15.5. The largest absolute Gasteiger partial charge is 0.444 e. The van der Waals surface area contributed by atoms with Gasteiger partial charge in [-0.3, -0.25) is 4.79 Å². The molecule has 0 aromatic heterocycles. The van der Waals surface area contributed by atoms with Crippen molar-refractivity contribution in [1.29, 1.82) is 0 Å². The summed E-state index contributed by atoms with van der Waals surface area (Å²) in [6.07, 6.45) is 0.437. The number of carbonyl (C=O) groups excluding carboxylic acids is 2. The molecule has 32 heavy (non-hydrogen) atoms. The fourth-order valence-corrected chi connectivity index (χ4v) is 2.59. The third-order valence-corrected chi connectivity index (χ3v) is 4.03. The van der Waals surface area contributed by atoms with Gasteiger partial charge >= 0.3 is 6.09 Å². The lowest BCUT2D eigenvalue weighted by Crippen LogP contribution is -2.54. The van der Waals surface area contributed by atoms with Crippen LogP contribution in [-0.4, -0.2) is 48.7 Å². The molecule has 0 radical (unpaired) electrons. The predicted octanol–water partition coefficient (Wildman–Crippen LogP) is 3.80. The highest BCUT2D eigenvalue weighted by Crippen LogP contribution is 2.09. The first-order chi connectivity index (χ1) is 14.5. The summed E-state index contributed by atoms with van der Waals surface area (Å²) >= 11 is 0. The Hall–Kier alpha value is -2.04. The van der Waals surface area contributed by atoms with Gasteiger partial charge in [-0.2, -0.15) is 0 Å². The fourth-order valence-electron chi connectivity index (χ4n) is 2.59. The van der Waals surface area contributed by atoms with E-state index in [1.54, 1.807) is 6.07 Å². The summed E-state index contributed by atoms with van der Waals surface area (Å²) in [5.41, 5.74) is 0.469. The fraction of sp³-hybridized carbons (Fsp3) is 0.609. The van der Waals surface area contributed by atoms with E-state index in [2.05, 4.69) is 26.3 Å². The molecule has 9 heteroatoms. The Morgan fingerprint density at radius 3 is 2.31 bits per heavy atom. The van der Waals surface area contributed by atoms with E-state index < -0.39 is 17.2 Å². The summed E-state index contributed by atoms with van der Waals surface area (Å²) in [4.78, 5) is 28.8. The predicted molar refractivity (Wildman–Crippen MR) is 141 cm³/mol. The topological polar surface area (TPSA) is 104 Å². The minimum Gasteiger partial charge on any atom is -0.444 e. The number of alkyl carbamates (subject to hydrolysis) is 1. The second-order valence-electron chi connectivity index (χ2n) is 9.02. The molecule has 2 amide bonds. The molecule has 8 nitrogen and oxygen atoms in total. The minimum absolute atomic E-state index is 0. The van der Waals surface area contributed by atoms with Gasteiger partial charge in [-0.25, -0.2) is 9.79 Å². The summed E-state index contributed by atoms with van der Waals surface area (Å²) in [7, 11) is 0. The van der Waals surface area contributed by atoms with E-state index >= 15 is 0 Å². The number of halogens is 1. The number of carbonyl (C=O) groups is 2. The van der Waals surface area contributed by atoms with Crippen molar-refractivity contribution in [3.63, 3.8) is 0 Å². The van der Waals surface area contributed by atoms with Crippen LogP contribution >= 0.6 is 24.0 Å². The van der Waals surface area contributed by atoms with Gasteiger partial charge < -0.3 is 26.0 Å². The number of aliphatic imine (C=N–C) groups is 1. The van der Waals surface area contributed by atoms with E-state index in [0.717, 1.165) is 12.0 Å². The van der Waals surface area contributed by atoms with E-state index in [1.165, 1.54) is 0 Å². The molecule has 0 heterocycles. The van der Waals surface area contributed by atoms with Crippen LogP contribution in [0, 0.1) is 0 Å². The lowest BCUT2D eigenvalue weighted by atomic mass is 10.1. The number of ether oxygens (including phenoxy) is 1. The van der Waals surface area contributed by atoms with E-state index in [9.17, 15) is 9.59 Å². The maximum atomic E-state index is 12.2. The van der Waals surface area contributed by atoms with Crippen LogP contribution in [-0.2, 0) is 11.3 Å². The van der Waals surface area contributed by atoms with Crippen molar-refractivity contribution in [2.45, 2.75) is 72.6 Å². The lowest BCUT2D eigenvalue weighted by molar-refractivity contribution is 0.0473. The zero-order valence-corrected chi connectivity index (χ0v) is 22.8. The molecule has 0 saturated heterocycles. The Morgan fingerprint density at radius 1 is 1.03 bits per heavy atom. The van der Waals surface area contributed by atoms with Crippen molar-refractivity contribution >= 4 is 41.9 Å². The molecule has 182 valence electrons. The molecule has 0 fully saturated rings. The SMILES string of the molecule is CCCNC(=O)c1cccc(CN=C(NCC)NCC(C)(C)NC(=O)OC(C)(C)C)c1.I. The summed E-state index contributed by atoms with van der Waals surface area (Å²) < 4.78 is 5.33. The normalized spacial score (nSPS) is 11.8. The van der Waals surface area contributed by atoms with Crippen LogP contribution in [0.3, 0.4) is 0 Å². The Labute approximate surface area is 209 Å². The van der Waals surface area contributed by atoms with Gasteiger partial charge in [0.15, 0.2) is 5.96 Å². The molecule has 1 aromatic rings.